The first kappa shape index (κ1) is 17.7. The molecule has 0 aromatic heterocycles. The van der Waals surface area contributed by atoms with Gasteiger partial charge < -0.3 is 25.4 Å². The van der Waals surface area contributed by atoms with Crippen molar-refractivity contribution in [3.63, 3.8) is 0 Å². The third kappa shape index (κ3) is 7.29. The Morgan fingerprint density at radius 2 is 1.95 bits per heavy atom. The van der Waals surface area contributed by atoms with Crippen molar-refractivity contribution in [3.05, 3.63) is 0 Å². The Morgan fingerprint density at radius 1 is 1.24 bits per heavy atom. The summed E-state index contributed by atoms with van der Waals surface area (Å²) in [6.07, 6.45) is 2.90. The molecule has 0 aliphatic heterocycles. The maximum Gasteiger partial charge on any atom is 0.314 e. The van der Waals surface area contributed by atoms with Gasteiger partial charge in [-0.3, -0.25) is 4.79 Å². The van der Waals surface area contributed by atoms with Gasteiger partial charge >= 0.3 is 12.0 Å². The van der Waals surface area contributed by atoms with E-state index in [9.17, 15) is 9.59 Å². The lowest BCUT2D eigenvalue weighted by molar-refractivity contribution is -0.141. The van der Waals surface area contributed by atoms with Crippen LogP contribution in [-0.4, -0.2) is 69.0 Å². The first-order chi connectivity index (χ1) is 9.93. The summed E-state index contributed by atoms with van der Waals surface area (Å²) in [6, 6.07) is -0.261. The maximum absolute atomic E-state index is 11.6. The number of likely N-dealkylation sites (N-methyl/N-ethyl adjacent to an activating group) is 1. The number of hydrogen-bond acceptors (Lipinski definition) is 4. The Labute approximate surface area is 126 Å². The van der Waals surface area contributed by atoms with Gasteiger partial charge in [0.2, 0.25) is 0 Å². The molecule has 1 aliphatic carbocycles. The molecule has 2 amide bonds. The van der Waals surface area contributed by atoms with Gasteiger partial charge in [0.05, 0.1) is 19.6 Å². The molecule has 7 heteroatoms. The summed E-state index contributed by atoms with van der Waals surface area (Å²) in [5.74, 6) is -0.800. The number of carboxylic acid groups (broad SMARTS) is 1. The summed E-state index contributed by atoms with van der Waals surface area (Å²) in [4.78, 5) is 24.5. The van der Waals surface area contributed by atoms with Crippen molar-refractivity contribution >= 4 is 12.0 Å². The number of ether oxygens (including phenoxy) is 1. The van der Waals surface area contributed by atoms with E-state index in [2.05, 4.69) is 10.6 Å². The highest BCUT2D eigenvalue weighted by Gasteiger charge is 2.39. The van der Waals surface area contributed by atoms with Crippen LogP contribution in [0.4, 0.5) is 4.79 Å². The number of carbonyl (C=O) groups excluding carboxylic acids is 1. The van der Waals surface area contributed by atoms with Crippen LogP contribution in [0.1, 0.15) is 25.7 Å². The smallest absolute Gasteiger partial charge is 0.314 e. The van der Waals surface area contributed by atoms with Crippen LogP contribution < -0.4 is 10.6 Å². The normalized spacial score (nSPS) is 16.3. The van der Waals surface area contributed by atoms with E-state index in [-0.39, 0.29) is 17.9 Å². The largest absolute Gasteiger partial charge is 0.481 e. The van der Waals surface area contributed by atoms with Crippen LogP contribution in [0.5, 0.6) is 0 Å². The lowest BCUT2D eigenvalue weighted by Gasteiger charge is -2.40. The minimum absolute atomic E-state index is 0.126. The molecule has 0 bridgehead atoms. The van der Waals surface area contributed by atoms with Crippen molar-refractivity contribution in [1.29, 1.82) is 0 Å². The Balaban J connectivity index is 2.07. The van der Waals surface area contributed by atoms with E-state index in [4.69, 9.17) is 9.84 Å². The SMILES string of the molecule is CN(C)CCOCCNC(=O)NCC1(CC(=O)O)CCC1. The summed E-state index contributed by atoms with van der Waals surface area (Å²) >= 11 is 0. The van der Waals surface area contributed by atoms with E-state index in [0.29, 0.717) is 26.3 Å². The van der Waals surface area contributed by atoms with E-state index in [0.717, 1.165) is 25.8 Å². The molecule has 0 radical (unpaired) electrons. The Hall–Kier alpha value is -1.34. The molecule has 0 aromatic rings. The van der Waals surface area contributed by atoms with Crippen LogP contribution in [0.25, 0.3) is 0 Å². The molecule has 3 N–H and O–H groups in total. The number of nitrogens with one attached hydrogen (secondary N) is 2. The van der Waals surface area contributed by atoms with Crippen molar-refractivity contribution < 1.29 is 19.4 Å². The van der Waals surface area contributed by atoms with Crippen LogP contribution in [0.2, 0.25) is 0 Å². The molecular weight excluding hydrogens is 274 g/mol. The molecule has 0 heterocycles. The molecule has 0 atom stereocenters. The van der Waals surface area contributed by atoms with Crippen LogP contribution in [0.3, 0.4) is 0 Å². The fourth-order valence-electron chi connectivity index (χ4n) is 2.33. The molecule has 1 fully saturated rings. The zero-order valence-corrected chi connectivity index (χ0v) is 13.0. The molecule has 1 aliphatic rings. The van der Waals surface area contributed by atoms with Gasteiger partial charge in [-0.1, -0.05) is 6.42 Å². The highest BCUT2D eigenvalue weighted by Crippen LogP contribution is 2.43. The fourth-order valence-corrected chi connectivity index (χ4v) is 2.33. The second kappa shape index (κ2) is 8.84. The number of carbonyl (C=O) groups is 2. The quantitative estimate of drug-likeness (QED) is 0.511. The van der Waals surface area contributed by atoms with Crippen molar-refractivity contribution in [3.8, 4) is 0 Å². The lowest BCUT2D eigenvalue weighted by Crippen LogP contribution is -2.47. The van der Waals surface area contributed by atoms with Crippen molar-refractivity contribution in [1.82, 2.24) is 15.5 Å². The van der Waals surface area contributed by atoms with Crippen LogP contribution in [0, 0.1) is 5.41 Å². The highest BCUT2D eigenvalue weighted by molar-refractivity contribution is 5.74. The minimum Gasteiger partial charge on any atom is -0.481 e. The molecule has 1 saturated carbocycles. The Morgan fingerprint density at radius 3 is 2.48 bits per heavy atom. The van der Waals surface area contributed by atoms with Gasteiger partial charge in [0.1, 0.15) is 0 Å². The predicted molar refractivity (Wildman–Crippen MR) is 79.3 cm³/mol. The first-order valence-corrected chi connectivity index (χ1v) is 7.39. The van der Waals surface area contributed by atoms with E-state index in [1.807, 2.05) is 19.0 Å². The van der Waals surface area contributed by atoms with Crippen LogP contribution >= 0.6 is 0 Å². The fraction of sp³-hybridized carbons (Fsp3) is 0.857. The molecule has 122 valence electrons. The summed E-state index contributed by atoms with van der Waals surface area (Å²) in [5.41, 5.74) is -0.245. The Kier molecular flexibility index (Phi) is 7.45. The van der Waals surface area contributed by atoms with Gasteiger partial charge in [0.25, 0.3) is 0 Å². The van der Waals surface area contributed by atoms with Gasteiger partial charge in [0.15, 0.2) is 0 Å². The summed E-state index contributed by atoms with van der Waals surface area (Å²) < 4.78 is 5.36. The van der Waals surface area contributed by atoms with E-state index in [1.165, 1.54) is 0 Å². The van der Waals surface area contributed by atoms with Crippen molar-refractivity contribution in [2.24, 2.45) is 5.41 Å². The summed E-state index contributed by atoms with van der Waals surface area (Å²) in [5, 5.41) is 14.4. The molecule has 0 aromatic carbocycles. The second-order valence-corrected chi connectivity index (χ2v) is 5.95. The average Bonchev–Trinajstić information content (AvgIpc) is 2.36. The standard InChI is InChI=1S/C14H27N3O4/c1-17(2)7-9-21-8-6-15-13(20)16-11-14(4-3-5-14)10-12(18)19/h3-11H2,1-2H3,(H,18,19)(H2,15,16,20). The topological polar surface area (TPSA) is 90.9 Å². The monoisotopic (exact) mass is 301 g/mol. The number of urea groups is 1. The zero-order chi connectivity index (χ0) is 15.7. The first-order valence-electron chi connectivity index (χ1n) is 7.39. The highest BCUT2D eigenvalue weighted by atomic mass is 16.5. The molecule has 7 nitrogen and oxygen atoms in total. The van der Waals surface area contributed by atoms with E-state index < -0.39 is 5.97 Å². The van der Waals surface area contributed by atoms with Gasteiger partial charge in [0, 0.05) is 19.6 Å². The number of amides is 2. The number of carboxylic acids is 1. The molecule has 21 heavy (non-hydrogen) atoms. The lowest BCUT2D eigenvalue weighted by atomic mass is 9.66. The zero-order valence-electron chi connectivity index (χ0n) is 13.0. The Bertz CT molecular complexity index is 343. The van der Waals surface area contributed by atoms with Crippen molar-refractivity contribution in [2.75, 3.05) is 46.9 Å². The average molecular weight is 301 g/mol. The van der Waals surface area contributed by atoms with E-state index in [1.54, 1.807) is 0 Å². The predicted octanol–water partition coefficient (Wildman–Crippen LogP) is 0.509. The second-order valence-electron chi connectivity index (χ2n) is 5.95. The maximum atomic E-state index is 11.6. The molecule has 0 unspecified atom stereocenters. The summed E-state index contributed by atoms with van der Waals surface area (Å²) in [7, 11) is 3.95. The van der Waals surface area contributed by atoms with E-state index >= 15 is 0 Å². The molecule has 0 spiro atoms. The molecule has 1 rings (SSSR count). The number of rotatable bonds is 10. The summed E-state index contributed by atoms with van der Waals surface area (Å²) in [6.45, 7) is 2.83. The minimum atomic E-state index is -0.800. The van der Waals surface area contributed by atoms with Gasteiger partial charge in [-0.25, -0.2) is 4.79 Å². The van der Waals surface area contributed by atoms with Crippen LogP contribution in [0.15, 0.2) is 0 Å². The number of nitrogens with zero attached hydrogens (tertiary/aromatic N) is 1. The van der Waals surface area contributed by atoms with Crippen LogP contribution in [-0.2, 0) is 9.53 Å². The molecular formula is C14H27N3O4. The van der Waals surface area contributed by atoms with Gasteiger partial charge in [-0.15, -0.1) is 0 Å². The van der Waals surface area contributed by atoms with Crippen molar-refractivity contribution in [2.45, 2.75) is 25.7 Å². The van der Waals surface area contributed by atoms with Gasteiger partial charge in [-0.2, -0.15) is 0 Å². The third-order valence-corrected chi connectivity index (χ3v) is 3.78. The molecule has 0 saturated heterocycles. The number of hydrogen-bond donors (Lipinski definition) is 3. The number of aliphatic carboxylic acids is 1. The third-order valence-electron chi connectivity index (χ3n) is 3.78. The van der Waals surface area contributed by atoms with Gasteiger partial charge in [-0.05, 0) is 32.4 Å².